The lowest BCUT2D eigenvalue weighted by Gasteiger charge is -2.36. The largest absolute Gasteiger partial charge is 0.497 e. The number of thiophene rings is 1. The fourth-order valence-electron chi connectivity index (χ4n) is 5.41. The molecule has 1 saturated heterocycles. The van der Waals surface area contributed by atoms with E-state index in [-0.39, 0.29) is 30.4 Å². The number of fused-ring (bicyclic) bond motifs is 4. The highest BCUT2D eigenvalue weighted by Crippen LogP contribution is 2.32. The van der Waals surface area contributed by atoms with Crippen LogP contribution < -0.4 is 15.2 Å². The summed E-state index contributed by atoms with van der Waals surface area (Å²) in [7, 11) is 3.85. The fourth-order valence-corrected chi connectivity index (χ4v) is 6.66. The minimum absolute atomic E-state index is 0. The Labute approximate surface area is 233 Å². The zero-order valence-corrected chi connectivity index (χ0v) is 23.6. The monoisotopic (exact) mass is 561 g/mol. The quantitative estimate of drug-likeness (QED) is 0.362. The van der Waals surface area contributed by atoms with Crippen molar-refractivity contribution in [1.29, 1.82) is 0 Å². The molecule has 6 rings (SSSR count). The zero-order chi connectivity index (χ0) is 23.9. The Morgan fingerprint density at radius 1 is 1.03 bits per heavy atom. The van der Waals surface area contributed by atoms with Crippen LogP contribution in [0.2, 0.25) is 0 Å². The highest BCUT2D eigenvalue weighted by molar-refractivity contribution is 7.18. The van der Waals surface area contributed by atoms with Gasteiger partial charge in [-0.05, 0) is 42.6 Å². The predicted molar refractivity (Wildman–Crippen MR) is 158 cm³/mol. The number of piperazine rings is 1. The van der Waals surface area contributed by atoms with E-state index in [0.29, 0.717) is 6.54 Å². The highest BCUT2D eigenvalue weighted by Gasteiger charge is 2.23. The first kappa shape index (κ1) is 27.7. The fraction of sp³-hybridized carbons (Fsp3) is 0.407. The standard InChI is InChI=1S/C27H31N5O2S.2ClH/c1-29-9-8-21-24(17-29)35-26-25(21)27(33)32(18-28-26)15-12-30-10-13-31(14-11-30)23-5-3-4-19-6-7-20(34-2)16-22(19)23;;/h3-7,16,18H,8-15,17H2,1-2H3;2*1H. The maximum atomic E-state index is 13.3. The minimum atomic E-state index is 0. The van der Waals surface area contributed by atoms with Gasteiger partial charge in [0, 0.05) is 68.3 Å². The van der Waals surface area contributed by atoms with Gasteiger partial charge in [0.25, 0.3) is 5.56 Å². The van der Waals surface area contributed by atoms with Crippen LogP contribution in [0.3, 0.4) is 0 Å². The van der Waals surface area contributed by atoms with E-state index < -0.39 is 0 Å². The van der Waals surface area contributed by atoms with Crippen LogP contribution in [-0.2, 0) is 19.5 Å². The van der Waals surface area contributed by atoms with Gasteiger partial charge in [-0.15, -0.1) is 36.2 Å². The van der Waals surface area contributed by atoms with Crippen molar-refractivity contribution in [3.8, 4) is 5.75 Å². The molecule has 4 aromatic rings. The van der Waals surface area contributed by atoms with Gasteiger partial charge in [0.15, 0.2) is 0 Å². The van der Waals surface area contributed by atoms with Gasteiger partial charge >= 0.3 is 0 Å². The number of hydrogen-bond acceptors (Lipinski definition) is 7. The first-order valence-electron chi connectivity index (χ1n) is 12.3. The van der Waals surface area contributed by atoms with E-state index in [1.807, 2.05) is 10.6 Å². The molecule has 0 amide bonds. The molecule has 2 aliphatic rings. The maximum absolute atomic E-state index is 13.3. The summed E-state index contributed by atoms with van der Waals surface area (Å²) in [4.78, 5) is 27.4. The van der Waals surface area contributed by atoms with Gasteiger partial charge in [-0.1, -0.05) is 18.2 Å². The lowest BCUT2D eigenvalue weighted by Crippen LogP contribution is -2.47. The summed E-state index contributed by atoms with van der Waals surface area (Å²) in [5.74, 6) is 0.888. The van der Waals surface area contributed by atoms with Crippen molar-refractivity contribution >= 4 is 62.8 Å². The highest BCUT2D eigenvalue weighted by atomic mass is 35.5. The second kappa shape index (κ2) is 11.6. The van der Waals surface area contributed by atoms with E-state index in [9.17, 15) is 4.79 Å². The Balaban J connectivity index is 0.00000160. The average Bonchev–Trinajstić information content (AvgIpc) is 3.26. The third-order valence-electron chi connectivity index (χ3n) is 7.45. The maximum Gasteiger partial charge on any atom is 0.262 e. The van der Waals surface area contributed by atoms with E-state index in [4.69, 9.17) is 4.74 Å². The van der Waals surface area contributed by atoms with Crippen molar-refractivity contribution < 1.29 is 4.74 Å². The summed E-state index contributed by atoms with van der Waals surface area (Å²) < 4.78 is 7.28. The second-order valence-electron chi connectivity index (χ2n) is 9.61. The molecule has 0 bridgehead atoms. The van der Waals surface area contributed by atoms with Crippen molar-refractivity contribution in [1.82, 2.24) is 19.4 Å². The number of hydrogen-bond donors (Lipinski definition) is 0. The average molecular weight is 563 g/mol. The number of nitrogens with zero attached hydrogens (tertiary/aromatic N) is 5. The van der Waals surface area contributed by atoms with Crippen molar-refractivity contribution in [2.75, 3.05) is 58.3 Å². The van der Waals surface area contributed by atoms with Crippen LogP contribution in [-0.4, -0.2) is 72.8 Å². The van der Waals surface area contributed by atoms with Gasteiger partial charge in [0.2, 0.25) is 0 Å². The zero-order valence-electron chi connectivity index (χ0n) is 21.2. The Hall–Kier alpha value is -2.36. The lowest BCUT2D eigenvalue weighted by atomic mass is 10.1. The predicted octanol–water partition coefficient (Wildman–Crippen LogP) is 4.27. The van der Waals surface area contributed by atoms with Crippen LogP contribution in [0.5, 0.6) is 5.75 Å². The van der Waals surface area contributed by atoms with Gasteiger partial charge in [0.1, 0.15) is 10.6 Å². The molecule has 0 radical (unpaired) electrons. The third-order valence-corrected chi connectivity index (χ3v) is 8.58. The van der Waals surface area contributed by atoms with E-state index in [2.05, 4.69) is 57.1 Å². The molecular weight excluding hydrogens is 529 g/mol. The second-order valence-corrected chi connectivity index (χ2v) is 10.7. The normalized spacial score (nSPS) is 16.3. The van der Waals surface area contributed by atoms with Crippen LogP contribution >= 0.6 is 36.2 Å². The topological polar surface area (TPSA) is 53.8 Å². The van der Waals surface area contributed by atoms with Crippen LogP contribution in [0.4, 0.5) is 5.69 Å². The number of anilines is 1. The molecule has 0 unspecified atom stereocenters. The minimum Gasteiger partial charge on any atom is -0.497 e. The molecule has 4 heterocycles. The molecule has 198 valence electrons. The molecule has 0 saturated carbocycles. The molecule has 2 aromatic heterocycles. The summed E-state index contributed by atoms with van der Waals surface area (Å²) in [5.41, 5.74) is 2.62. The molecule has 2 aromatic carbocycles. The van der Waals surface area contributed by atoms with E-state index in [0.717, 1.165) is 68.2 Å². The Bertz CT molecular complexity index is 1450. The molecular formula is C27H33Cl2N5O2S. The Morgan fingerprint density at radius 3 is 2.62 bits per heavy atom. The third kappa shape index (κ3) is 5.31. The molecule has 37 heavy (non-hydrogen) atoms. The number of likely N-dealkylation sites (N-methyl/N-ethyl adjacent to an activating group) is 1. The van der Waals surface area contributed by atoms with E-state index >= 15 is 0 Å². The number of ether oxygens (including phenoxy) is 1. The van der Waals surface area contributed by atoms with Gasteiger partial charge in [0.05, 0.1) is 18.8 Å². The SMILES string of the molecule is COc1ccc2cccc(N3CCN(CCn4cnc5sc6c(c5c4=O)CCN(C)C6)CC3)c2c1.Cl.Cl. The number of aromatic nitrogens is 2. The van der Waals surface area contributed by atoms with Crippen LogP contribution in [0.15, 0.2) is 47.5 Å². The molecule has 7 nitrogen and oxygen atoms in total. The Kier molecular flexibility index (Phi) is 8.66. The van der Waals surface area contributed by atoms with E-state index in [1.54, 1.807) is 24.8 Å². The molecule has 0 N–H and O–H groups in total. The van der Waals surface area contributed by atoms with E-state index in [1.165, 1.54) is 26.9 Å². The van der Waals surface area contributed by atoms with Gasteiger partial charge in [-0.25, -0.2) is 4.98 Å². The van der Waals surface area contributed by atoms with Crippen LogP contribution in [0, 0.1) is 0 Å². The summed E-state index contributed by atoms with van der Waals surface area (Å²) in [6.07, 6.45) is 2.69. The van der Waals surface area contributed by atoms with Crippen molar-refractivity contribution in [2.45, 2.75) is 19.5 Å². The van der Waals surface area contributed by atoms with Crippen molar-refractivity contribution in [2.24, 2.45) is 0 Å². The summed E-state index contributed by atoms with van der Waals surface area (Å²) in [6, 6.07) is 12.8. The number of benzene rings is 2. The van der Waals surface area contributed by atoms with Gasteiger partial charge < -0.3 is 14.5 Å². The molecule has 1 fully saturated rings. The van der Waals surface area contributed by atoms with Crippen molar-refractivity contribution in [3.05, 3.63) is 63.5 Å². The Morgan fingerprint density at radius 2 is 1.84 bits per heavy atom. The smallest absolute Gasteiger partial charge is 0.262 e. The molecule has 0 spiro atoms. The summed E-state index contributed by atoms with van der Waals surface area (Å²) >= 11 is 1.68. The molecule has 0 atom stereocenters. The molecule has 10 heteroatoms. The lowest BCUT2D eigenvalue weighted by molar-refractivity contribution is 0.247. The summed E-state index contributed by atoms with van der Waals surface area (Å²) in [5, 5.41) is 3.32. The first-order valence-corrected chi connectivity index (χ1v) is 13.1. The first-order chi connectivity index (χ1) is 17.1. The van der Waals surface area contributed by atoms with Gasteiger partial charge in [-0.3, -0.25) is 14.3 Å². The molecule has 0 aliphatic carbocycles. The van der Waals surface area contributed by atoms with Crippen LogP contribution in [0.25, 0.3) is 21.0 Å². The number of rotatable bonds is 5. The summed E-state index contributed by atoms with van der Waals surface area (Å²) in [6.45, 7) is 7.35. The number of halogens is 2. The van der Waals surface area contributed by atoms with Crippen LogP contribution in [0.1, 0.15) is 10.4 Å². The number of methoxy groups -OCH3 is 1. The van der Waals surface area contributed by atoms with Crippen molar-refractivity contribution in [3.63, 3.8) is 0 Å². The molecule has 2 aliphatic heterocycles. The van der Waals surface area contributed by atoms with Gasteiger partial charge in [-0.2, -0.15) is 0 Å².